The Kier molecular flexibility index (Phi) is 18.5. The minimum atomic E-state index is -6.09. The summed E-state index contributed by atoms with van der Waals surface area (Å²) in [5, 5.41) is 13.6. The molecule has 0 amide bonds. The molecule has 7 nitrogen and oxygen atoms in total. The zero-order valence-electron chi connectivity index (χ0n) is 33.3. The summed E-state index contributed by atoms with van der Waals surface area (Å²) in [5.41, 5.74) is -0.681. The second-order valence-corrected chi connectivity index (χ2v) is 20.3. The summed E-state index contributed by atoms with van der Waals surface area (Å²) < 4.78 is 70.1. The van der Waals surface area contributed by atoms with Gasteiger partial charge in [-0.1, -0.05) is 152 Å². The summed E-state index contributed by atoms with van der Waals surface area (Å²) in [7, 11) is -7.29. The molecule has 0 aliphatic heterocycles. The molecule has 7 aromatic carbocycles. The van der Waals surface area contributed by atoms with Crippen LogP contribution in [-0.2, 0) is 30.5 Å². The third kappa shape index (κ3) is 14.5. The third-order valence-corrected chi connectivity index (χ3v) is 16.8. The van der Waals surface area contributed by atoms with E-state index in [-0.39, 0.29) is 20.4 Å². The molecule has 61 heavy (non-hydrogen) atoms. The first kappa shape index (κ1) is 48.6. The van der Waals surface area contributed by atoms with Crippen molar-refractivity contribution < 1.29 is 51.3 Å². The molecule has 0 aliphatic carbocycles. The van der Waals surface area contributed by atoms with Crippen LogP contribution in [0.4, 0.5) is 30.2 Å². The standard InChI is InChI=1S/C32H29NOP2.C14H13N2.CHF3O3S.Pd/c1-34-28-16-14-15-27(25-28)33-36(31-21-10-4-11-22-31,32-23-12-5-13-24-32)26-35(29-17-6-2-7-18-29)30-19-8-3-9-20-30;1-11-3-7-13(8-4-11)15-16-14-9-5-12(2)6-10-14;2-1(3,4)8(5,6)7;/h2-25H,26H2,1H3;3-9H,1-2H3;(H,5,6,7);/q;-1;;+2/p-1. The molecule has 0 unspecified atom stereocenters. The van der Waals surface area contributed by atoms with Crippen LogP contribution in [0, 0.1) is 19.9 Å². The van der Waals surface area contributed by atoms with E-state index in [2.05, 4.69) is 151 Å². The molecule has 14 heteroatoms. The van der Waals surface area contributed by atoms with Gasteiger partial charge in [0.1, 0.15) is 5.75 Å². The van der Waals surface area contributed by atoms with E-state index in [1.165, 1.54) is 32.3 Å². The number of methoxy groups -OCH3 is 1. The number of azo groups is 1. The van der Waals surface area contributed by atoms with Crippen LogP contribution >= 0.6 is 15.0 Å². The summed E-state index contributed by atoms with van der Waals surface area (Å²) in [6.45, 7) is 4.08. The van der Waals surface area contributed by atoms with Gasteiger partial charge in [-0.15, -0.1) is 6.07 Å². The van der Waals surface area contributed by atoms with Crippen LogP contribution in [0.15, 0.2) is 203 Å². The largest absolute Gasteiger partial charge is 2.00 e. The Morgan fingerprint density at radius 1 is 0.639 bits per heavy atom. The smallest absolute Gasteiger partial charge is 0.741 e. The molecule has 0 aliphatic rings. The number of hydrogen-bond acceptors (Lipinski definition) is 7. The van der Waals surface area contributed by atoms with Gasteiger partial charge in [-0.3, -0.25) is 4.74 Å². The number of halogens is 3. The molecule has 0 saturated carbocycles. The van der Waals surface area contributed by atoms with E-state index < -0.39 is 30.6 Å². The Balaban J connectivity index is 0.000000270. The Bertz CT molecular complexity index is 2460. The van der Waals surface area contributed by atoms with Crippen molar-refractivity contribution in [3.05, 3.63) is 205 Å². The maximum Gasteiger partial charge on any atom is 2.00 e. The predicted molar refractivity (Wildman–Crippen MR) is 239 cm³/mol. The van der Waals surface area contributed by atoms with Crippen LogP contribution in [0.3, 0.4) is 0 Å². The molecular formula is C47H42F3N3O4P2PdS. The predicted octanol–water partition coefficient (Wildman–Crippen LogP) is 11.8. The zero-order valence-corrected chi connectivity index (χ0v) is 37.5. The number of ether oxygens (including phenoxy) is 1. The first-order valence-corrected chi connectivity index (χ1v) is 23.4. The van der Waals surface area contributed by atoms with Crippen molar-refractivity contribution in [1.29, 1.82) is 0 Å². The summed E-state index contributed by atoms with van der Waals surface area (Å²) >= 11 is 0. The molecule has 0 fully saturated rings. The summed E-state index contributed by atoms with van der Waals surface area (Å²) in [4.78, 5) is 0. The van der Waals surface area contributed by atoms with E-state index in [4.69, 9.17) is 22.5 Å². The second kappa shape index (κ2) is 23.3. The molecule has 0 heterocycles. The monoisotopic (exact) mass is 969 g/mol. The summed E-state index contributed by atoms with van der Waals surface area (Å²) in [6.07, 6.45) is 0. The SMILES string of the molecule is COc1cccc(N=P(CP(c2ccccc2)c2ccccc2)(c2ccccc2)c2ccccc2)c1.Cc1c[c-]c(N=Nc2ccc(C)cc2)cc1.O=S(=O)([O-])C(F)(F)F.[Pd+2]. The van der Waals surface area contributed by atoms with E-state index in [0.717, 1.165) is 28.7 Å². The van der Waals surface area contributed by atoms with Crippen molar-refractivity contribution >= 4 is 63.4 Å². The van der Waals surface area contributed by atoms with Crippen LogP contribution < -0.4 is 26.0 Å². The van der Waals surface area contributed by atoms with Crippen molar-refractivity contribution in [2.45, 2.75) is 19.4 Å². The third-order valence-electron chi connectivity index (χ3n) is 8.73. The Morgan fingerprint density at radius 2 is 1.11 bits per heavy atom. The molecule has 0 aromatic heterocycles. The normalized spacial score (nSPS) is 11.3. The van der Waals surface area contributed by atoms with E-state index >= 15 is 0 Å². The second-order valence-electron chi connectivity index (χ2n) is 13.2. The van der Waals surface area contributed by atoms with Gasteiger partial charge >= 0.3 is 25.9 Å². The minimum absolute atomic E-state index is 0. The topological polar surface area (TPSA) is 104 Å². The fourth-order valence-electron chi connectivity index (χ4n) is 5.69. The van der Waals surface area contributed by atoms with Gasteiger partial charge in [0.2, 0.25) is 0 Å². The van der Waals surface area contributed by atoms with Gasteiger partial charge in [0.25, 0.3) is 0 Å². The van der Waals surface area contributed by atoms with Gasteiger partial charge < -0.3 is 9.29 Å². The van der Waals surface area contributed by atoms with Crippen molar-refractivity contribution in [1.82, 2.24) is 0 Å². The minimum Gasteiger partial charge on any atom is -0.741 e. The average Bonchev–Trinajstić information content (AvgIpc) is 3.26. The Hall–Kier alpha value is -5.04. The Labute approximate surface area is 371 Å². The number of nitrogens with zero attached hydrogens (tertiary/aromatic N) is 3. The molecule has 0 radical (unpaired) electrons. The van der Waals surface area contributed by atoms with Crippen molar-refractivity contribution in [3.8, 4) is 5.75 Å². The van der Waals surface area contributed by atoms with Crippen LogP contribution in [0.2, 0.25) is 0 Å². The zero-order chi connectivity index (χ0) is 43.0. The first-order valence-electron chi connectivity index (χ1n) is 18.5. The first-order chi connectivity index (χ1) is 28.8. The van der Waals surface area contributed by atoms with Crippen molar-refractivity contribution in [3.63, 3.8) is 0 Å². The molecule has 0 bridgehead atoms. The van der Waals surface area contributed by atoms with Crippen LogP contribution in [0.5, 0.6) is 5.75 Å². The van der Waals surface area contributed by atoms with Crippen LogP contribution in [0.1, 0.15) is 11.1 Å². The maximum absolute atomic E-state index is 10.7. The molecule has 7 rings (SSSR count). The fourth-order valence-corrected chi connectivity index (χ4v) is 13.9. The number of rotatable bonds is 10. The van der Waals surface area contributed by atoms with E-state index in [1.54, 1.807) is 7.11 Å². The Morgan fingerprint density at radius 3 is 1.56 bits per heavy atom. The molecular weight excluding hydrogens is 928 g/mol. The number of alkyl halides is 3. The molecule has 0 N–H and O–H groups in total. The molecule has 0 atom stereocenters. The van der Waals surface area contributed by atoms with Gasteiger partial charge in [0.05, 0.1) is 18.5 Å². The van der Waals surface area contributed by atoms with Gasteiger partial charge in [0.15, 0.2) is 10.1 Å². The van der Waals surface area contributed by atoms with Crippen molar-refractivity contribution in [2.75, 3.05) is 13.0 Å². The van der Waals surface area contributed by atoms with Gasteiger partial charge in [-0.2, -0.15) is 47.2 Å². The van der Waals surface area contributed by atoms with Gasteiger partial charge in [-0.05, 0) is 66.0 Å². The summed E-state index contributed by atoms with van der Waals surface area (Å²) in [5.74, 6) is 1.77. The van der Waals surface area contributed by atoms with E-state index in [9.17, 15) is 13.2 Å². The van der Waals surface area contributed by atoms with Gasteiger partial charge in [0, 0.05) is 19.0 Å². The van der Waals surface area contributed by atoms with Crippen LogP contribution in [-0.4, -0.2) is 31.5 Å². The van der Waals surface area contributed by atoms with Crippen molar-refractivity contribution in [2.24, 2.45) is 15.0 Å². The van der Waals surface area contributed by atoms with Gasteiger partial charge in [-0.25, -0.2) is 8.42 Å². The van der Waals surface area contributed by atoms with E-state index in [1.807, 2.05) is 67.6 Å². The quantitative estimate of drug-likeness (QED) is 0.0340. The fraction of sp³-hybridized carbons (Fsp3) is 0.106. The van der Waals surface area contributed by atoms with Crippen LogP contribution in [0.25, 0.3) is 0 Å². The molecule has 7 aromatic rings. The number of hydrogen-bond donors (Lipinski definition) is 0. The maximum atomic E-state index is 10.7. The van der Waals surface area contributed by atoms with E-state index in [0.29, 0.717) is 0 Å². The number of benzene rings is 7. The summed E-state index contributed by atoms with van der Waals surface area (Å²) in [6, 6.07) is 68.6. The molecule has 0 spiro atoms. The number of aryl methyl sites for hydroxylation is 2. The molecule has 0 saturated heterocycles. The molecule has 316 valence electrons. The average molecular weight is 970 g/mol.